The molecule has 1 saturated heterocycles. The van der Waals surface area contributed by atoms with Crippen molar-refractivity contribution in [1.29, 1.82) is 0 Å². The number of oxazole rings is 1. The predicted octanol–water partition coefficient (Wildman–Crippen LogP) is 1.18. The summed E-state index contributed by atoms with van der Waals surface area (Å²) in [5.74, 6) is -1.07. The van der Waals surface area contributed by atoms with Crippen LogP contribution in [0, 0.1) is 0 Å². The lowest BCUT2D eigenvalue weighted by molar-refractivity contribution is 0.0690. The number of carbonyl (C=O) groups is 1. The number of nitrogens with zero attached hydrogens (tertiary/aromatic N) is 5. The van der Waals surface area contributed by atoms with Crippen molar-refractivity contribution < 1.29 is 14.3 Å². The third-order valence-electron chi connectivity index (χ3n) is 3.52. The van der Waals surface area contributed by atoms with Gasteiger partial charge < -0.3 is 14.4 Å². The van der Waals surface area contributed by atoms with Gasteiger partial charge in [0.1, 0.15) is 5.52 Å². The second-order valence-corrected chi connectivity index (χ2v) is 4.91. The van der Waals surface area contributed by atoms with E-state index in [2.05, 4.69) is 15.3 Å². The maximum absolute atomic E-state index is 10.8. The molecule has 3 heterocycles. The highest BCUT2D eigenvalue weighted by Crippen LogP contribution is 2.29. The topological polar surface area (TPSA) is 97.3 Å². The van der Waals surface area contributed by atoms with Crippen molar-refractivity contribution in [2.45, 2.75) is 6.04 Å². The average molecular weight is 285 g/mol. The monoisotopic (exact) mass is 285 g/mol. The molecule has 1 N–H and O–H groups in total. The van der Waals surface area contributed by atoms with Gasteiger partial charge in [-0.25, -0.2) is 9.48 Å². The van der Waals surface area contributed by atoms with Crippen molar-refractivity contribution in [2.75, 3.05) is 18.0 Å². The third-order valence-corrected chi connectivity index (χ3v) is 3.52. The summed E-state index contributed by atoms with van der Waals surface area (Å²) in [5.41, 5.74) is 1.53. The molecule has 1 aromatic carbocycles. The highest BCUT2D eigenvalue weighted by Gasteiger charge is 2.32. The molecule has 0 bridgehead atoms. The largest absolute Gasteiger partial charge is 0.476 e. The molecule has 8 nitrogen and oxygen atoms in total. The van der Waals surface area contributed by atoms with Gasteiger partial charge >= 0.3 is 5.97 Å². The van der Waals surface area contributed by atoms with Crippen molar-refractivity contribution in [1.82, 2.24) is 20.0 Å². The second kappa shape index (κ2) is 4.30. The first-order valence-electron chi connectivity index (χ1n) is 6.46. The lowest BCUT2D eigenvalue weighted by Crippen LogP contribution is -2.48. The molecule has 1 aliphatic heterocycles. The Balaban J connectivity index is 1.49. The number of hydrogen-bond acceptors (Lipinski definition) is 6. The predicted molar refractivity (Wildman–Crippen MR) is 72.2 cm³/mol. The molecule has 0 amide bonds. The zero-order chi connectivity index (χ0) is 14.4. The van der Waals surface area contributed by atoms with E-state index in [0.717, 1.165) is 11.1 Å². The first-order chi connectivity index (χ1) is 10.2. The molecule has 3 aromatic rings. The summed E-state index contributed by atoms with van der Waals surface area (Å²) >= 11 is 0. The van der Waals surface area contributed by atoms with Gasteiger partial charge in [0.05, 0.1) is 12.2 Å². The Morgan fingerprint density at radius 3 is 2.86 bits per heavy atom. The van der Waals surface area contributed by atoms with Gasteiger partial charge in [-0.1, -0.05) is 17.3 Å². The van der Waals surface area contributed by atoms with Crippen molar-refractivity contribution >= 4 is 23.1 Å². The molecule has 0 aliphatic carbocycles. The Bertz CT molecular complexity index is 785. The molecule has 8 heteroatoms. The fourth-order valence-corrected chi connectivity index (χ4v) is 2.33. The standard InChI is InChI=1S/C13H11N5O3/c19-12(20)10-7-18(16-15-10)8-5-17(6-8)13-14-9-3-1-2-4-11(9)21-13/h1-4,7-8H,5-6H2,(H,19,20). The molecule has 0 unspecified atom stereocenters. The van der Waals surface area contributed by atoms with Gasteiger partial charge in [0.25, 0.3) is 6.01 Å². The summed E-state index contributed by atoms with van der Waals surface area (Å²) in [6.45, 7) is 1.32. The van der Waals surface area contributed by atoms with Crippen LogP contribution in [0.2, 0.25) is 0 Å². The van der Waals surface area contributed by atoms with Crippen LogP contribution in [0.5, 0.6) is 0 Å². The van der Waals surface area contributed by atoms with Crippen molar-refractivity contribution in [3.8, 4) is 0 Å². The Morgan fingerprint density at radius 1 is 1.33 bits per heavy atom. The number of rotatable bonds is 3. The van der Waals surface area contributed by atoms with Gasteiger partial charge in [0.15, 0.2) is 11.3 Å². The molecule has 1 aliphatic rings. The SMILES string of the molecule is O=C(O)c1cn(C2CN(c3nc4ccccc4o3)C2)nn1. The average Bonchev–Trinajstić information content (AvgIpc) is 3.03. The molecular formula is C13H11N5O3. The number of carboxylic acid groups (broad SMARTS) is 1. The number of para-hydroxylation sites is 2. The van der Waals surface area contributed by atoms with Crippen molar-refractivity contribution in [3.63, 3.8) is 0 Å². The molecule has 4 rings (SSSR count). The Morgan fingerprint density at radius 2 is 2.14 bits per heavy atom. The smallest absolute Gasteiger partial charge is 0.358 e. The van der Waals surface area contributed by atoms with Crippen LogP contribution in [0.1, 0.15) is 16.5 Å². The van der Waals surface area contributed by atoms with E-state index >= 15 is 0 Å². The normalized spacial score (nSPS) is 15.3. The maximum Gasteiger partial charge on any atom is 0.358 e. The molecule has 0 atom stereocenters. The van der Waals surface area contributed by atoms with E-state index in [-0.39, 0.29) is 11.7 Å². The highest BCUT2D eigenvalue weighted by molar-refractivity contribution is 5.84. The number of aromatic carboxylic acids is 1. The van der Waals surface area contributed by atoms with Gasteiger partial charge in [-0.05, 0) is 12.1 Å². The Hall–Kier alpha value is -2.90. The van der Waals surface area contributed by atoms with E-state index in [1.54, 1.807) is 4.68 Å². The molecular weight excluding hydrogens is 274 g/mol. The molecule has 21 heavy (non-hydrogen) atoms. The highest BCUT2D eigenvalue weighted by atomic mass is 16.4. The van der Waals surface area contributed by atoms with Crippen LogP contribution in [0.25, 0.3) is 11.1 Å². The summed E-state index contributed by atoms with van der Waals surface area (Å²) < 4.78 is 7.25. The van der Waals surface area contributed by atoms with Gasteiger partial charge in [-0.15, -0.1) is 5.10 Å². The lowest BCUT2D eigenvalue weighted by Gasteiger charge is -2.37. The van der Waals surface area contributed by atoms with Crippen LogP contribution in [-0.2, 0) is 0 Å². The summed E-state index contributed by atoms with van der Waals surface area (Å²) in [7, 11) is 0. The number of hydrogen-bond donors (Lipinski definition) is 1. The van der Waals surface area contributed by atoms with Crippen LogP contribution in [0.3, 0.4) is 0 Å². The van der Waals surface area contributed by atoms with Crippen LogP contribution in [0.15, 0.2) is 34.9 Å². The zero-order valence-corrected chi connectivity index (χ0v) is 10.9. The molecule has 0 radical (unpaired) electrons. The van der Waals surface area contributed by atoms with E-state index in [4.69, 9.17) is 9.52 Å². The number of aromatic nitrogens is 4. The molecule has 0 spiro atoms. The summed E-state index contributed by atoms with van der Waals surface area (Å²) in [4.78, 5) is 17.2. The fraction of sp³-hybridized carbons (Fsp3) is 0.231. The van der Waals surface area contributed by atoms with E-state index in [1.807, 2.05) is 29.2 Å². The number of benzene rings is 1. The Kier molecular flexibility index (Phi) is 2.44. The first kappa shape index (κ1) is 11.9. The first-order valence-corrected chi connectivity index (χ1v) is 6.46. The minimum Gasteiger partial charge on any atom is -0.476 e. The second-order valence-electron chi connectivity index (χ2n) is 4.91. The van der Waals surface area contributed by atoms with Gasteiger partial charge in [0.2, 0.25) is 0 Å². The van der Waals surface area contributed by atoms with Crippen molar-refractivity contribution in [3.05, 3.63) is 36.2 Å². The summed E-state index contributed by atoms with van der Waals surface area (Å²) in [5, 5.41) is 16.3. The zero-order valence-electron chi connectivity index (χ0n) is 10.9. The van der Waals surface area contributed by atoms with E-state index in [1.165, 1.54) is 6.20 Å². The number of carboxylic acids is 1. The molecule has 0 saturated carbocycles. The van der Waals surface area contributed by atoms with E-state index < -0.39 is 5.97 Å². The van der Waals surface area contributed by atoms with Crippen LogP contribution >= 0.6 is 0 Å². The van der Waals surface area contributed by atoms with Crippen LogP contribution < -0.4 is 4.90 Å². The van der Waals surface area contributed by atoms with Gasteiger partial charge in [-0.2, -0.15) is 4.98 Å². The minimum atomic E-state index is -1.07. The van der Waals surface area contributed by atoms with Gasteiger partial charge in [0, 0.05) is 13.1 Å². The minimum absolute atomic E-state index is 0.0460. The van der Waals surface area contributed by atoms with Crippen LogP contribution in [0.4, 0.5) is 6.01 Å². The number of fused-ring (bicyclic) bond motifs is 1. The summed E-state index contributed by atoms with van der Waals surface area (Å²) in [6, 6.07) is 8.25. The lowest BCUT2D eigenvalue weighted by atomic mass is 10.1. The maximum atomic E-state index is 10.8. The third kappa shape index (κ3) is 1.92. The molecule has 1 fully saturated rings. The molecule has 106 valence electrons. The van der Waals surface area contributed by atoms with Gasteiger partial charge in [-0.3, -0.25) is 0 Å². The Labute approximate surface area is 118 Å². The van der Waals surface area contributed by atoms with Crippen molar-refractivity contribution in [2.24, 2.45) is 0 Å². The number of anilines is 1. The summed E-state index contributed by atoms with van der Waals surface area (Å²) in [6.07, 6.45) is 1.44. The quantitative estimate of drug-likeness (QED) is 0.771. The van der Waals surface area contributed by atoms with E-state index in [0.29, 0.717) is 19.1 Å². The molecule has 2 aromatic heterocycles. The van der Waals surface area contributed by atoms with Crippen LogP contribution in [-0.4, -0.2) is 44.1 Å². The van der Waals surface area contributed by atoms with E-state index in [9.17, 15) is 4.79 Å². The fourth-order valence-electron chi connectivity index (χ4n) is 2.33.